The maximum Gasteiger partial charge on any atom is 0.335 e. The molecule has 0 aliphatic carbocycles. The van der Waals surface area contributed by atoms with E-state index in [1.807, 2.05) is 11.4 Å². The molecule has 0 unspecified atom stereocenters. The summed E-state index contributed by atoms with van der Waals surface area (Å²) >= 11 is 0. The molecule has 0 heterocycles. The molecule has 0 aliphatic rings. The molecular weight excluding hydrogens is 392 g/mol. The number of aliphatic hydroxyl groups excluding tert-OH is 4. The van der Waals surface area contributed by atoms with Crippen molar-refractivity contribution in [3.8, 4) is 83.5 Å². The molecular formula is C21H43N2O7+. The molecule has 0 saturated carbocycles. The minimum Gasteiger partial charge on any atom is -0.479 e. The van der Waals surface area contributed by atoms with Crippen molar-refractivity contribution in [2.45, 2.75) is 24.4 Å². The summed E-state index contributed by atoms with van der Waals surface area (Å²) < 4.78 is 0. The fraction of sp³-hybridized carbons (Fsp3) is 0.238. The quantitative estimate of drug-likeness (QED) is 0.199. The molecule has 0 aliphatic heterocycles. The molecule has 9 heteroatoms. The summed E-state index contributed by atoms with van der Waals surface area (Å²) in [7, 11) is 1.75. The highest BCUT2D eigenvalue weighted by atomic mass is 16.4. The van der Waals surface area contributed by atoms with Crippen LogP contribution in [0.5, 0.6) is 0 Å². The molecule has 4 atom stereocenters. The molecule has 0 rings (SSSR count). The predicted octanol–water partition coefficient (Wildman–Crippen LogP) is -1.70. The van der Waals surface area contributed by atoms with Crippen LogP contribution in [0.1, 0.15) is 18.5 Å². The van der Waals surface area contributed by atoms with Crippen LogP contribution in [-0.2, 0) is 9.59 Å². The first kappa shape index (κ1) is 27.9. The van der Waals surface area contributed by atoms with Crippen molar-refractivity contribution in [1.29, 1.82) is 0 Å². The van der Waals surface area contributed by atoms with Crippen LogP contribution in [0.25, 0.3) is 0 Å². The normalized spacial score (nSPS) is 11.2. The summed E-state index contributed by atoms with van der Waals surface area (Å²) in [5, 5.41) is 47.7. The third kappa shape index (κ3) is 12.9. The Kier molecular flexibility index (Phi) is 16.8. The number of aliphatic carboxylic acids is 1. The van der Waals surface area contributed by atoms with Crippen molar-refractivity contribution in [3.63, 3.8) is 0 Å². The van der Waals surface area contributed by atoms with Crippen LogP contribution < -0.4 is 11.1 Å². The minimum absolute atomic E-state index is 0. The molecule has 0 radical (unpaired) electrons. The number of carboxylic acids is 1. The first-order valence-corrected chi connectivity index (χ1v) is 7.74. The van der Waals surface area contributed by atoms with Gasteiger partial charge in [0, 0.05) is 60.1 Å². The fourth-order valence-corrected chi connectivity index (χ4v) is 1.19. The zero-order chi connectivity index (χ0) is 23.4. The number of carboxylic acid groups (broad SMARTS) is 1. The zero-order valence-corrected chi connectivity index (χ0v) is 15.6. The van der Waals surface area contributed by atoms with E-state index in [0.29, 0.717) is 0 Å². The number of nitrogens with one attached hydrogen (secondary N) is 1. The van der Waals surface area contributed by atoms with E-state index in [1.54, 1.807) is 7.05 Å². The molecule has 0 fully saturated rings. The van der Waals surface area contributed by atoms with Gasteiger partial charge >= 0.3 is 5.97 Å². The lowest BCUT2D eigenvalue weighted by Crippen LogP contribution is -2.52. The Morgan fingerprint density at radius 2 is 1.13 bits per heavy atom. The molecule has 178 valence electrons. The molecule has 0 aromatic rings. The van der Waals surface area contributed by atoms with E-state index in [4.69, 9.17) is 16.6 Å². The second kappa shape index (κ2) is 18.0. The van der Waals surface area contributed by atoms with Crippen molar-refractivity contribution in [2.75, 3.05) is 7.05 Å². The summed E-state index contributed by atoms with van der Waals surface area (Å²) in [5.74, 6) is 24.3. The Hall–Kier alpha value is -4.34. The number of hydrogen-bond acceptors (Lipinski definition) is 6. The van der Waals surface area contributed by atoms with Gasteiger partial charge < -0.3 is 31.3 Å². The molecule has 0 saturated heterocycles. The van der Waals surface area contributed by atoms with E-state index in [1.165, 1.54) is 0 Å². The van der Waals surface area contributed by atoms with Gasteiger partial charge in [0.1, 0.15) is 12.2 Å². The van der Waals surface area contributed by atoms with Crippen molar-refractivity contribution >= 4 is 11.9 Å². The van der Waals surface area contributed by atoms with Crippen molar-refractivity contribution in [3.05, 3.63) is 0 Å². The second-order valence-electron chi connectivity index (χ2n) is 4.34. The maximum atomic E-state index is 11.5. The fourth-order valence-electron chi connectivity index (χ4n) is 1.19. The van der Waals surface area contributed by atoms with Crippen LogP contribution in [-0.4, -0.2) is 68.9 Å². The average molecular weight is 436 g/mol. The van der Waals surface area contributed by atoms with Gasteiger partial charge in [-0.1, -0.05) is 0 Å². The Morgan fingerprint density at radius 3 is 1.53 bits per heavy atom. The Bertz CT molecular complexity index is 1060. The van der Waals surface area contributed by atoms with Crippen LogP contribution in [0.3, 0.4) is 0 Å². The minimum atomic E-state index is -2.39. The third-order valence-electron chi connectivity index (χ3n) is 2.46. The number of quaternary nitrogens is 1. The Labute approximate surface area is 193 Å². The highest BCUT2D eigenvalue weighted by Crippen LogP contribution is 2.05. The number of aliphatic hydroxyl groups is 4. The van der Waals surface area contributed by atoms with Crippen LogP contribution in [0.15, 0.2) is 0 Å². The standard InChI is InChI=1S/C20H11NO7.CH5N.13H2/c1-2-3-4-5-6-7-8-9-10-11-12-13-14-21-19(26)17(24)15(22)16(23)18(25)20(27)28;1-2;;;;;;;;;;;;;/h1,15-18,22-25H,(H,21,26)(H,27,28);2H2,1H3;13*1H/p+1/t15-,16-,17+,18-;;;;;;;;;;;;;;/m1............../s1. The van der Waals surface area contributed by atoms with Gasteiger partial charge in [-0.05, 0) is 35.5 Å². The summed E-state index contributed by atoms with van der Waals surface area (Å²) in [6, 6.07) is 2.03. The number of carbonyl (C=O) groups is 2. The van der Waals surface area contributed by atoms with Crippen LogP contribution in [0.2, 0.25) is 0 Å². The number of terminal acetylenes is 1. The van der Waals surface area contributed by atoms with Gasteiger partial charge in [-0.2, -0.15) is 0 Å². The summed E-state index contributed by atoms with van der Waals surface area (Å²) in [4.78, 5) is 22.0. The van der Waals surface area contributed by atoms with Gasteiger partial charge in [-0.15, -0.1) is 6.42 Å². The molecule has 0 aromatic heterocycles. The Morgan fingerprint density at radius 1 is 0.767 bits per heavy atom. The van der Waals surface area contributed by atoms with E-state index in [2.05, 4.69) is 76.8 Å². The number of carbonyl (C=O) groups excluding carboxylic acids is 1. The molecule has 1 amide bonds. The summed E-state index contributed by atoms with van der Waals surface area (Å²) in [6.07, 6.45) is -4.31. The average Bonchev–Trinajstić information content (AvgIpc) is 2.75. The van der Waals surface area contributed by atoms with Gasteiger partial charge in [0.2, 0.25) is 0 Å². The topological polar surface area (TPSA) is 175 Å². The SMILES string of the molecule is C#CC#CC#CC#CC#CC#CC#CNC(=O)[C@@H](O)[C@H](O)[C@@H](O)[C@@H](O)C(=O)O.C[NH3+].[HH].[HH].[HH].[HH].[HH].[HH].[HH].[HH].[HH].[HH].[HH].[HH].[HH]. The number of amides is 1. The summed E-state index contributed by atoms with van der Waals surface area (Å²) in [5.41, 5.74) is 3.25. The monoisotopic (exact) mass is 435 g/mol. The number of hydrogen-bond donors (Lipinski definition) is 7. The molecule has 0 spiro atoms. The number of rotatable bonds is 5. The van der Waals surface area contributed by atoms with Gasteiger partial charge in [-0.3, -0.25) is 10.1 Å². The predicted molar refractivity (Wildman–Crippen MR) is 132 cm³/mol. The van der Waals surface area contributed by atoms with Crippen LogP contribution >= 0.6 is 0 Å². The van der Waals surface area contributed by atoms with Gasteiger partial charge in [-0.25, -0.2) is 4.79 Å². The molecule has 9 nitrogen and oxygen atoms in total. The third-order valence-corrected chi connectivity index (χ3v) is 2.46. The van der Waals surface area contributed by atoms with E-state index in [-0.39, 0.29) is 18.5 Å². The molecule has 0 bridgehead atoms. The zero-order valence-electron chi connectivity index (χ0n) is 15.6. The van der Waals surface area contributed by atoms with E-state index in [9.17, 15) is 24.9 Å². The highest BCUT2D eigenvalue weighted by Gasteiger charge is 2.37. The first-order chi connectivity index (χ1) is 14.3. The lowest BCUT2D eigenvalue weighted by molar-refractivity contribution is -0.325. The molecule has 9 N–H and O–H groups in total. The van der Waals surface area contributed by atoms with Gasteiger partial charge in [0.05, 0.1) is 7.05 Å². The van der Waals surface area contributed by atoms with Gasteiger partial charge in [0.15, 0.2) is 12.2 Å². The molecule has 30 heavy (non-hydrogen) atoms. The molecule has 0 aromatic carbocycles. The van der Waals surface area contributed by atoms with E-state index < -0.39 is 36.3 Å². The van der Waals surface area contributed by atoms with Crippen LogP contribution in [0, 0.1) is 83.5 Å². The maximum absolute atomic E-state index is 11.5. The van der Waals surface area contributed by atoms with Crippen molar-refractivity contribution in [2.24, 2.45) is 0 Å². The Balaban J connectivity index is -0.0000000393. The van der Waals surface area contributed by atoms with Crippen molar-refractivity contribution in [1.82, 2.24) is 5.32 Å². The summed E-state index contributed by atoms with van der Waals surface area (Å²) in [6.45, 7) is 0. The lowest BCUT2D eigenvalue weighted by Gasteiger charge is -2.23. The largest absolute Gasteiger partial charge is 0.479 e. The van der Waals surface area contributed by atoms with Crippen molar-refractivity contribution < 1.29 is 59.4 Å². The van der Waals surface area contributed by atoms with Crippen LogP contribution in [0.4, 0.5) is 0 Å². The van der Waals surface area contributed by atoms with E-state index >= 15 is 0 Å². The smallest absolute Gasteiger partial charge is 0.335 e. The lowest BCUT2D eigenvalue weighted by atomic mass is 10.0. The first-order valence-electron chi connectivity index (χ1n) is 7.74. The highest BCUT2D eigenvalue weighted by molar-refractivity contribution is 5.83. The second-order valence-corrected chi connectivity index (χ2v) is 4.34. The van der Waals surface area contributed by atoms with Gasteiger partial charge in [0.25, 0.3) is 5.91 Å². The van der Waals surface area contributed by atoms with E-state index in [0.717, 1.165) is 0 Å².